The number of nitrogens with zero attached hydrogens (tertiary/aromatic N) is 1. The fourth-order valence-electron chi connectivity index (χ4n) is 4.02. The lowest BCUT2D eigenvalue weighted by Crippen LogP contribution is -2.48. The Morgan fingerprint density at radius 1 is 1.08 bits per heavy atom. The number of carbonyl (C=O) groups is 3. The Hall–Kier alpha value is -2.79. The average Bonchev–Trinajstić information content (AvgIpc) is 3.26. The third kappa shape index (κ3) is 11.9. The van der Waals surface area contributed by atoms with Gasteiger partial charge in [-0.05, 0) is 43.4 Å². The highest BCUT2D eigenvalue weighted by Gasteiger charge is 2.26. The number of benzene rings is 1. The second-order valence-corrected chi connectivity index (χ2v) is 11.6. The third-order valence-electron chi connectivity index (χ3n) is 5.96. The summed E-state index contributed by atoms with van der Waals surface area (Å²) in [7, 11) is -4.68. The Bertz CT molecular complexity index is 1150. The molecule has 39 heavy (non-hydrogen) atoms. The number of carbonyl (C=O) groups excluding carboxylic acids is 3. The third-order valence-corrected chi connectivity index (χ3v) is 7.68. The van der Waals surface area contributed by atoms with Gasteiger partial charge in [0.1, 0.15) is 16.8 Å². The summed E-state index contributed by atoms with van der Waals surface area (Å²) >= 11 is 1.54. The van der Waals surface area contributed by atoms with Crippen molar-refractivity contribution in [3.63, 3.8) is 0 Å². The number of nitrogens with two attached hydrogens (primary N) is 1. The van der Waals surface area contributed by atoms with Crippen LogP contribution in [0, 0.1) is 0 Å². The van der Waals surface area contributed by atoms with Crippen LogP contribution in [-0.4, -0.2) is 38.5 Å². The SMILES string of the molecule is CCCCCCc1sc(C(CC)NC(=O)C(Cc2ccc(OP(=O)(O)O)cc2)NC(C)=O)nc1CCC(N)=O. The zero-order valence-electron chi connectivity index (χ0n) is 22.6. The van der Waals surface area contributed by atoms with E-state index in [2.05, 4.69) is 22.1 Å². The van der Waals surface area contributed by atoms with Crippen LogP contribution in [-0.2, 0) is 38.2 Å². The summed E-state index contributed by atoms with van der Waals surface area (Å²) in [4.78, 5) is 60.3. The Kier molecular flexibility index (Phi) is 13.1. The second kappa shape index (κ2) is 15.7. The Balaban J connectivity index is 2.18. The first kappa shape index (κ1) is 32.4. The summed E-state index contributed by atoms with van der Waals surface area (Å²) in [5.74, 6) is -1.16. The molecule has 0 aliphatic heterocycles. The summed E-state index contributed by atoms with van der Waals surface area (Å²) in [6.07, 6.45) is 6.65. The highest BCUT2D eigenvalue weighted by Crippen LogP contribution is 2.37. The molecule has 0 fully saturated rings. The maximum absolute atomic E-state index is 13.3. The van der Waals surface area contributed by atoms with Gasteiger partial charge in [-0.2, -0.15) is 0 Å². The van der Waals surface area contributed by atoms with Crippen LogP contribution in [0.4, 0.5) is 0 Å². The molecular weight excluding hydrogens is 543 g/mol. The van der Waals surface area contributed by atoms with Gasteiger partial charge in [0.15, 0.2) is 0 Å². The van der Waals surface area contributed by atoms with Crippen LogP contribution in [0.25, 0.3) is 0 Å². The summed E-state index contributed by atoms with van der Waals surface area (Å²) in [6, 6.07) is 4.65. The van der Waals surface area contributed by atoms with Crippen molar-refractivity contribution < 1.29 is 33.3 Å². The van der Waals surface area contributed by atoms with Gasteiger partial charge in [-0.1, -0.05) is 45.2 Å². The van der Waals surface area contributed by atoms with Gasteiger partial charge in [0.2, 0.25) is 17.7 Å². The molecule has 2 unspecified atom stereocenters. The summed E-state index contributed by atoms with van der Waals surface area (Å²) in [5.41, 5.74) is 6.86. The summed E-state index contributed by atoms with van der Waals surface area (Å²) < 4.78 is 15.6. The molecule has 6 N–H and O–H groups in total. The molecule has 0 aliphatic rings. The zero-order valence-corrected chi connectivity index (χ0v) is 24.4. The van der Waals surface area contributed by atoms with Gasteiger partial charge in [-0.25, -0.2) is 9.55 Å². The predicted molar refractivity (Wildman–Crippen MR) is 149 cm³/mol. The standard InChI is InChI=1S/C26H39N4O7PS/c1-4-6-7-8-9-23-21(14-15-24(27)32)30-26(39-23)20(5-2)29-25(33)22(28-17(3)31)16-18-10-12-19(13-11-18)37-38(34,35)36/h10-13,20,22H,4-9,14-16H2,1-3H3,(H2,27,32)(H,28,31)(H,29,33)(H2,34,35,36). The Morgan fingerprint density at radius 3 is 2.33 bits per heavy atom. The van der Waals surface area contributed by atoms with Crippen molar-refractivity contribution in [2.45, 2.75) is 90.6 Å². The fourth-order valence-corrected chi connectivity index (χ4v) is 5.71. The van der Waals surface area contributed by atoms with Crippen molar-refractivity contribution in [3.05, 3.63) is 45.4 Å². The lowest BCUT2D eigenvalue weighted by Gasteiger charge is -2.21. The number of hydrogen-bond donors (Lipinski definition) is 5. The topological polar surface area (TPSA) is 181 Å². The molecule has 0 saturated carbocycles. The van der Waals surface area contributed by atoms with Gasteiger partial charge >= 0.3 is 7.82 Å². The molecular formula is C26H39N4O7PS. The van der Waals surface area contributed by atoms with E-state index in [0.717, 1.165) is 47.7 Å². The molecule has 13 heteroatoms. The van der Waals surface area contributed by atoms with E-state index >= 15 is 0 Å². The van der Waals surface area contributed by atoms with Crippen molar-refractivity contribution in [1.82, 2.24) is 15.6 Å². The first-order chi connectivity index (χ1) is 18.4. The monoisotopic (exact) mass is 582 g/mol. The van der Waals surface area contributed by atoms with Crippen LogP contribution < -0.4 is 20.9 Å². The lowest BCUT2D eigenvalue weighted by molar-refractivity contribution is -0.128. The van der Waals surface area contributed by atoms with Gasteiger partial charge in [-0.15, -0.1) is 11.3 Å². The summed E-state index contributed by atoms with van der Waals surface area (Å²) in [5, 5.41) is 6.43. The molecule has 2 atom stereocenters. The molecule has 11 nitrogen and oxygen atoms in total. The van der Waals surface area contributed by atoms with Crippen LogP contribution >= 0.6 is 19.2 Å². The van der Waals surface area contributed by atoms with E-state index in [1.807, 2.05) is 6.92 Å². The number of rotatable bonds is 17. The van der Waals surface area contributed by atoms with Crippen molar-refractivity contribution in [3.8, 4) is 5.75 Å². The van der Waals surface area contributed by atoms with Crippen LogP contribution in [0.3, 0.4) is 0 Å². The van der Waals surface area contributed by atoms with E-state index in [1.54, 1.807) is 12.1 Å². The second-order valence-electron chi connectivity index (χ2n) is 9.35. The lowest BCUT2D eigenvalue weighted by atomic mass is 10.0. The molecule has 216 valence electrons. The first-order valence-corrected chi connectivity index (χ1v) is 15.4. The van der Waals surface area contributed by atoms with E-state index in [-0.39, 0.29) is 42.4 Å². The molecule has 0 radical (unpaired) electrons. The maximum Gasteiger partial charge on any atom is 0.524 e. The number of aromatic nitrogens is 1. The number of amides is 3. The van der Waals surface area contributed by atoms with Crippen LogP contribution in [0.15, 0.2) is 24.3 Å². The van der Waals surface area contributed by atoms with E-state index in [0.29, 0.717) is 18.4 Å². The molecule has 0 aliphatic carbocycles. The molecule has 1 aromatic carbocycles. The van der Waals surface area contributed by atoms with Crippen molar-refractivity contribution >= 4 is 36.9 Å². The van der Waals surface area contributed by atoms with Gasteiger partial charge in [0.25, 0.3) is 0 Å². The van der Waals surface area contributed by atoms with E-state index in [4.69, 9.17) is 20.5 Å². The predicted octanol–water partition coefficient (Wildman–Crippen LogP) is 3.47. The number of phosphoric ester groups is 1. The fraction of sp³-hybridized carbons (Fsp3) is 0.538. The van der Waals surface area contributed by atoms with Crippen molar-refractivity contribution in [2.24, 2.45) is 5.73 Å². The van der Waals surface area contributed by atoms with Crippen molar-refractivity contribution in [2.75, 3.05) is 0 Å². The molecule has 2 rings (SSSR count). The van der Waals surface area contributed by atoms with Gasteiger partial charge in [0, 0.05) is 24.6 Å². The van der Waals surface area contributed by atoms with Crippen LogP contribution in [0.5, 0.6) is 5.75 Å². The van der Waals surface area contributed by atoms with Crippen molar-refractivity contribution in [1.29, 1.82) is 0 Å². The number of unbranched alkanes of at least 4 members (excludes halogenated alkanes) is 3. The molecule has 0 saturated heterocycles. The largest absolute Gasteiger partial charge is 0.524 e. The van der Waals surface area contributed by atoms with Gasteiger partial charge in [0.05, 0.1) is 11.7 Å². The van der Waals surface area contributed by atoms with Crippen LogP contribution in [0.2, 0.25) is 0 Å². The maximum atomic E-state index is 13.3. The van der Waals surface area contributed by atoms with E-state index < -0.39 is 13.9 Å². The van der Waals surface area contributed by atoms with E-state index in [1.165, 1.54) is 30.4 Å². The van der Waals surface area contributed by atoms with Crippen LogP contribution in [0.1, 0.15) is 86.5 Å². The molecule has 2 aromatic rings. The molecule has 3 amide bonds. The Labute approximate surface area is 233 Å². The number of hydrogen-bond acceptors (Lipinski definition) is 7. The molecule has 1 heterocycles. The smallest absolute Gasteiger partial charge is 0.404 e. The number of nitrogens with one attached hydrogen (secondary N) is 2. The molecule has 0 spiro atoms. The minimum Gasteiger partial charge on any atom is -0.404 e. The highest BCUT2D eigenvalue weighted by molar-refractivity contribution is 7.46. The normalized spacial score (nSPS) is 12.9. The minimum atomic E-state index is -4.68. The molecule has 0 bridgehead atoms. The van der Waals surface area contributed by atoms with E-state index in [9.17, 15) is 18.9 Å². The van der Waals surface area contributed by atoms with Gasteiger partial charge < -0.3 is 20.9 Å². The Morgan fingerprint density at radius 2 is 1.77 bits per heavy atom. The quantitative estimate of drug-likeness (QED) is 0.139. The zero-order chi connectivity index (χ0) is 29.0. The average molecular weight is 583 g/mol. The van der Waals surface area contributed by atoms with Gasteiger partial charge in [-0.3, -0.25) is 24.2 Å². The number of aryl methyl sites for hydroxylation is 2. The number of primary amides is 1. The highest BCUT2D eigenvalue weighted by atomic mass is 32.1. The number of thiazole rings is 1. The molecule has 1 aromatic heterocycles. The minimum absolute atomic E-state index is 0.0138. The first-order valence-electron chi connectivity index (χ1n) is 13.1. The summed E-state index contributed by atoms with van der Waals surface area (Å²) in [6.45, 7) is 5.41. The number of phosphoric acid groups is 1.